The summed E-state index contributed by atoms with van der Waals surface area (Å²) in [7, 11) is 3.12. The average Bonchev–Trinajstić information content (AvgIpc) is 2.17. The van der Waals surface area contributed by atoms with Crippen molar-refractivity contribution in [1.82, 2.24) is 0 Å². The summed E-state index contributed by atoms with van der Waals surface area (Å²) in [4.78, 5) is 3.90. The van der Waals surface area contributed by atoms with Gasteiger partial charge in [0.25, 0.3) is 0 Å². The summed E-state index contributed by atoms with van der Waals surface area (Å²) in [5.74, 6) is 1.25. The molecule has 0 aliphatic carbocycles. The Morgan fingerprint density at radius 3 is 2.33 bits per heavy atom. The van der Waals surface area contributed by atoms with Gasteiger partial charge in [-0.05, 0) is 12.1 Å². The monoisotopic (exact) mass is 231 g/mol. The van der Waals surface area contributed by atoms with Crippen molar-refractivity contribution in [3.05, 3.63) is 18.2 Å². The molecule has 0 saturated heterocycles. The van der Waals surface area contributed by atoms with Gasteiger partial charge in [0.1, 0.15) is 17.2 Å². The first-order valence-corrected chi connectivity index (χ1v) is 3.99. The molecule has 0 heterocycles. The summed E-state index contributed by atoms with van der Waals surface area (Å²) in [6.45, 7) is 0. The molecule has 0 radical (unpaired) electrons. The number of hydrogen-bond donors (Lipinski definition) is 2. The highest BCUT2D eigenvalue weighted by atomic mass is 35.5. The van der Waals surface area contributed by atoms with Gasteiger partial charge in [-0.3, -0.25) is 0 Å². The predicted molar refractivity (Wildman–Crippen MR) is 62.3 cm³/mol. The van der Waals surface area contributed by atoms with Crippen molar-refractivity contribution in [2.45, 2.75) is 0 Å². The minimum Gasteiger partial charge on any atom is -0.497 e. The molecule has 0 aromatic heterocycles. The molecule has 4 N–H and O–H groups in total. The maximum absolute atomic E-state index is 5.26. The van der Waals surface area contributed by atoms with Gasteiger partial charge < -0.3 is 20.9 Å². The molecule has 0 saturated carbocycles. The van der Waals surface area contributed by atoms with Gasteiger partial charge in [0, 0.05) is 6.07 Å². The minimum atomic E-state index is -0.00605. The Balaban J connectivity index is 0.00000196. The summed E-state index contributed by atoms with van der Waals surface area (Å²) >= 11 is 0. The van der Waals surface area contributed by atoms with Crippen molar-refractivity contribution >= 4 is 24.1 Å². The van der Waals surface area contributed by atoms with Gasteiger partial charge >= 0.3 is 0 Å². The Bertz CT molecular complexity index is 351. The van der Waals surface area contributed by atoms with E-state index in [0.717, 1.165) is 0 Å². The lowest BCUT2D eigenvalue weighted by Crippen LogP contribution is -2.21. The molecule has 84 valence electrons. The average molecular weight is 232 g/mol. The molecule has 6 heteroatoms. The van der Waals surface area contributed by atoms with Crippen molar-refractivity contribution in [3.63, 3.8) is 0 Å². The van der Waals surface area contributed by atoms with Crippen LogP contribution >= 0.6 is 12.4 Å². The highest BCUT2D eigenvalue weighted by molar-refractivity contribution is 5.85. The standard InChI is InChI=1S/C9H13N3O2.ClH/c1-13-6-3-4-7(12-9(10)11)8(5-6)14-2;/h3-5H,1-2H3,(H4,10,11,12);1H. The number of aliphatic imine (C=N–C) groups is 1. The fourth-order valence-electron chi connectivity index (χ4n) is 1.02. The lowest BCUT2D eigenvalue weighted by atomic mass is 10.3. The number of guanidine groups is 1. The van der Waals surface area contributed by atoms with E-state index in [1.807, 2.05) is 0 Å². The largest absolute Gasteiger partial charge is 0.497 e. The van der Waals surface area contributed by atoms with Crippen molar-refractivity contribution in [2.24, 2.45) is 16.5 Å². The molecule has 0 aliphatic rings. The molecule has 0 atom stereocenters. The van der Waals surface area contributed by atoms with Gasteiger partial charge in [-0.15, -0.1) is 12.4 Å². The van der Waals surface area contributed by atoms with Crippen LogP contribution in [0.3, 0.4) is 0 Å². The number of ether oxygens (including phenoxy) is 2. The third-order valence-electron chi connectivity index (χ3n) is 1.64. The van der Waals surface area contributed by atoms with E-state index >= 15 is 0 Å². The van der Waals surface area contributed by atoms with E-state index in [2.05, 4.69) is 4.99 Å². The Morgan fingerprint density at radius 2 is 1.87 bits per heavy atom. The van der Waals surface area contributed by atoms with Crippen molar-refractivity contribution in [1.29, 1.82) is 0 Å². The quantitative estimate of drug-likeness (QED) is 0.601. The molecule has 1 rings (SSSR count). The van der Waals surface area contributed by atoms with Crippen molar-refractivity contribution < 1.29 is 9.47 Å². The summed E-state index contributed by atoms with van der Waals surface area (Å²) in [5, 5.41) is 0. The van der Waals surface area contributed by atoms with Crippen LogP contribution in [0.2, 0.25) is 0 Å². The molecule has 0 unspecified atom stereocenters. The molecule has 1 aromatic rings. The Kier molecular flexibility index (Phi) is 5.33. The van der Waals surface area contributed by atoms with Gasteiger partial charge in [0.05, 0.1) is 14.2 Å². The van der Waals surface area contributed by atoms with E-state index in [1.54, 1.807) is 32.4 Å². The van der Waals surface area contributed by atoms with Crippen LogP contribution in [0.1, 0.15) is 0 Å². The summed E-state index contributed by atoms with van der Waals surface area (Å²) in [6, 6.07) is 5.18. The number of halogens is 1. The second kappa shape index (κ2) is 5.98. The molecule has 5 nitrogen and oxygen atoms in total. The van der Waals surface area contributed by atoms with Crippen LogP contribution in [0.25, 0.3) is 0 Å². The zero-order valence-corrected chi connectivity index (χ0v) is 9.38. The fraction of sp³-hybridized carbons (Fsp3) is 0.222. The normalized spacial score (nSPS) is 8.67. The lowest BCUT2D eigenvalue weighted by Gasteiger charge is -2.06. The van der Waals surface area contributed by atoms with Crippen LogP contribution in [0.5, 0.6) is 11.5 Å². The first-order chi connectivity index (χ1) is 6.67. The van der Waals surface area contributed by atoms with E-state index in [4.69, 9.17) is 20.9 Å². The van der Waals surface area contributed by atoms with Gasteiger partial charge in [-0.2, -0.15) is 0 Å². The van der Waals surface area contributed by atoms with Gasteiger partial charge in [0.2, 0.25) is 0 Å². The molecule has 15 heavy (non-hydrogen) atoms. The fourth-order valence-corrected chi connectivity index (χ4v) is 1.02. The van der Waals surface area contributed by atoms with Crippen molar-refractivity contribution in [3.8, 4) is 11.5 Å². The van der Waals surface area contributed by atoms with Crippen LogP contribution in [-0.4, -0.2) is 20.2 Å². The van der Waals surface area contributed by atoms with Gasteiger partial charge in [-0.25, -0.2) is 4.99 Å². The minimum absolute atomic E-state index is 0. The van der Waals surface area contributed by atoms with Crippen LogP contribution in [0.4, 0.5) is 5.69 Å². The molecule has 0 bridgehead atoms. The van der Waals surface area contributed by atoms with Crippen LogP contribution in [-0.2, 0) is 0 Å². The maximum Gasteiger partial charge on any atom is 0.191 e. The van der Waals surface area contributed by atoms with E-state index in [1.165, 1.54) is 0 Å². The number of nitrogens with two attached hydrogens (primary N) is 2. The Labute approximate surface area is 94.5 Å². The first kappa shape index (κ1) is 13.4. The zero-order chi connectivity index (χ0) is 10.6. The van der Waals surface area contributed by atoms with E-state index in [-0.39, 0.29) is 18.4 Å². The molecular weight excluding hydrogens is 218 g/mol. The van der Waals surface area contributed by atoms with E-state index in [9.17, 15) is 0 Å². The molecule has 0 spiro atoms. The topological polar surface area (TPSA) is 82.9 Å². The maximum atomic E-state index is 5.26. The van der Waals surface area contributed by atoms with E-state index < -0.39 is 0 Å². The molecule has 0 fully saturated rings. The molecule has 0 amide bonds. The number of hydrogen-bond acceptors (Lipinski definition) is 3. The second-order valence-electron chi connectivity index (χ2n) is 2.57. The SMILES string of the molecule is COc1ccc(N=C(N)N)c(OC)c1.Cl. The lowest BCUT2D eigenvalue weighted by molar-refractivity contribution is 0.395. The number of nitrogens with zero attached hydrogens (tertiary/aromatic N) is 1. The smallest absolute Gasteiger partial charge is 0.191 e. The molecule has 0 aliphatic heterocycles. The number of methoxy groups -OCH3 is 2. The molecular formula is C9H14ClN3O2. The first-order valence-electron chi connectivity index (χ1n) is 3.99. The van der Waals surface area contributed by atoms with E-state index in [0.29, 0.717) is 17.2 Å². The third kappa shape index (κ3) is 3.55. The van der Waals surface area contributed by atoms with Crippen LogP contribution in [0, 0.1) is 0 Å². The van der Waals surface area contributed by atoms with Gasteiger partial charge in [-0.1, -0.05) is 0 Å². The summed E-state index contributed by atoms with van der Waals surface area (Å²) < 4.78 is 10.1. The summed E-state index contributed by atoms with van der Waals surface area (Å²) in [6.07, 6.45) is 0. The highest BCUT2D eigenvalue weighted by Gasteiger charge is 2.03. The van der Waals surface area contributed by atoms with Gasteiger partial charge in [0.15, 0.2) is 5.96 Å². The third-order valence-corrected chi connectivity index (χ3v) is 1.64. The zero-order valence-electron chi connectivity index (χ0n) is 8.56. The number of rotatable bonds is 3. The molecule has 1 aromatic carbocycles. The Hall–Kier alpha value is -1.62. The predicted octanol–water partition coefficient (Wildman–Crippen LogP) is 1.03. The summed E-state index contributed by atoms with van der Waals surface area (Å²) in [5.41, 5.74) is 11.1. The number of benzene rings is 1. The Morgan fingerprint density at radius 1 is 1.20 bits per heavy atom. The van der Waals surface area contributed by atoms with Crippen LogP contribution < -0.4 is 20.9 Å². The van der Waals surface area contributed by atoms with Crippen molar-refractivity contribution in [2.75, 3.05) is 14.2 Å². The van der Waals surface area contributed by atoms with Crippen LogP contribution in [0.15, 0.2) is 23.2 Å². The highest BCUT2D eigenvalue weighted by Crippen LogP contribution is 2.30. The second-order valence-corrected chi connectivity index (χ2v) is 2.57.